The van der Waals surface area contributed by atoms with Crippen LogP contribution >= 0.6 is 0 Å². The molecule has 0 bridgehead atoms. The van der Waals surface area contributed by atoms with Gasteiger partial charge in [-0.3, -0.25) is 4.55 Å². The fourth-order valence-corrected chi connectivity index (χ4v) is 1.01. The number of rotatable bonds is 0. The van der Waals surface area contributed by atoms with Gasteiger partial charge in [0.15, 0.2) is 0 Å². The van der Waals surface area contributed by atoms with Gasteiger partial charge in [0.05, 0.1) is 5.25 Å². The molecule has 0 spiro atoms. The lowest BCUT2D eigenvalue weighted by atomic mass is 10.2. The fraction of sp³-hybridized carbons (Fsp3) is 0.111. The van der Waals surface area contributed by atoms with Gasteiger partial charge < -0.3 is 0 Å². The minimum absolute atomic E-state index is 0.559. The lowest BCUT2D eigenvalue weighted by Gasteiger charge is -1.90. The first-order chi connectivity index (χ1) is 5.97. The average Bonchev–Trinajstić information content (AvgIpc) is 2.02. The van der Waals surface area contributed by atoms with Crippen LogP contribution in [-0.2, 0) is 10.1 Å². The molecule has 0 aliphatic carbocycles. The quantitative estimate of drug-likeness (QED) is 0.501. The first-order valence-corrected chi connectivity index (χ1v) is 4.98. The van der Waals surface area contributed by atoms with E-state index < -0.39 is 10.1 Å². The number of aryl methyl sites for hydroxylation is 1. The highest BCUT2D eigenvalue weighted by molar-refractivity contribution is 7.90. The summed E-state index contributed by atoms with van der Waals surface area (Å²) in [6, 6.07) is 7.00. The molecule has 13 heavy (non-hydrogen) atoms. The molecule has 0 atom stereocenters. The van der Waals surface area contributed by atoms with Crippen LogP contribution in [0.5, 0.6) is 0 Å². The van der Waals surface area contributed by atoms with E-state index in [1.807, 2.05) is 19.1 Å². The van der Waals surface area contributed by atoms with Crippen molar-refractivity contribution in [3.05, 3.63) is 35.4 Å². The molecule has 0 unspecified atom stereocenters. The molecule has 0 radical (unpaired) electrons. The van der Waals surface area contributed by atoms with Crippen LogP contribution in [0.2, 0.25) is 0 Å². The van der Waals surface area contributed by atoms with E-state index in [0.29, 0.717) is 5.56 Å². The number of benzene rings is 1. The van der Waals surface area contributed by atoms with Crippen molar-refractivity contribution in [3.8, 4) is 11.2 Å². The van der Waals surface area contributed by atoms with E-state index in [4.69, 9.17) is 4.55 Å². The predicted molar refractivity (Wildman–Crippen MR) is 49.6 cm³/mol. The molecule has 0 saturated carbocycles. The SMILES string of the molecule is Cc1ccc(C#CS(=O)(=O)O)cc1. The molecule has 3 nitrogen and oxygen atoms in total. The van der Waals surface area contributed by atoms with Gasteiger partial charge in [-0.15, -0.1) is 0 Å². The van der Waals surface area contributed by atoms with Gasteiger partial charge in [0.2, 0.25) is 0 Å². The Morgan fingerprint density at radius 3 is 2.23 bits per heavy atom. The Morgan fingerprint density at radius 1 is 1.23 bits per heavy atom. The second-order valence-electron chi connectivity index (χ2n) is 2.57. The molecule has 1 rings (SSSR count). The molecule has 0 saturated heterocycles. The lowest BCUT2D eigenvalue weighted by molar-refractivity contribution is 0.496. The van der Waals surface area contributed by atoms with Gasteiger partial charge in [-0.2, -0.15) is 8.42 Å². The molecule has 0 aliphatic heterocycles. The van der Waals surface area contributed by atoms with E-state index in [0.717, 1.165) is 5.56 Å². The van der Waals surface area contributed by atoms with Crippen LogP contribution in [0, 0.1) is 18.1 Å². The molecule has 1 aromatic carbocycles. The highest BCUT2D eigenvalue weighted by Crippen LogP contribution is 2.00. The van der Waals surface area contributed by atoms with Crippen molar-refractivity contribution in [2.75, 3.05) is 0 Å². The summed E-state index contributed by atoms with van der Waals surface area (Å²) in [6.45, 7) is 1.92. The van der Waals surface area contributed by atoms with Gasteiger partial charge >= 0.3 is 10.1 Å². The van der Waals surface area contributed by atoms with Gasteiger partial charge in [0.25, 0.3) is 0 Å². The van der Waals surface area contributed by atoms with E-state index in [1.54, 1.807) is 17.4 Å². The second-order valence-corrected chi connectivity index (χ2v) is 3.72. The van der Waals surface area contributed by atoms with Gasteiger partial charge in [-0.05, 0) is 25.0 Å². The molecule has 0 aromatic heterocycles. The maximum Gasteiger partial charge on any atom is 0.335 e. The summed E-state index contributed by atoms with van der Waals surface area (Å²) in [6.07, 6.45) is 0. The van der Waals surface area contributed by atoms with Crippen molar-refractivity contribution in [2.45, 2.75) is 6.92 Å². The molecular formula is C9H8O3S. The topological polar surface area (TPSA) is 54.4 Å². The zero-order chi connectivity index (χ0) is 9.90. The number of hydrogen-bond acceptors (Lipinski definition) is 2. The Balaban J connectivity index is 2.98. The monoisotopic (exact) mass is 196 g/mol. The lowest BCUT2D eigenvalue weighted by Crippen LogP contribution is -1.90. The second kappa shape index (κ2) is 3.60. The Bertz CT molecular complexity index is 446. The fourth-order valence-electron chi connectivity index (χ4n) is 0.760. The zero-order valence-corrected chi connectivity index (χ0v) is 7.80. The van der Waals surface area contributed by atoms with Crippen LogP contribution in [0.25, 0.3) is 0 Å². The molecule has 0 amide bonds. The van der Waals surface area contributed by atoms with Crippen molar-refractivity contribution in [2.24, 2.45) is 0 Å². The first-order valence-electron chi connectivity index (χ1n) is 3.54. The molecule has 4 heteroatoms. The summed E-state index contributed by atoms with van der Waals surface area (Å²) in [4.78, 5) is 0. The van der Waals surface area contributed by atoms with Crippen LogP contribution in [0.1, 0.15) is 11.1 Å². The summed E-state index contributed by atoms with van der Waals surface area (Å²) in [5.41, 5.74) is 1.63. The minimum Gasteiger partial charge on any atom is -0.276 e. The molecular weight excluding hydrogens is 188 g/mol. The minimum atomic E-state index is -4.19. The molecule has 0 fully saturated rings. The largest absolute Gasteiger partial charge is 0.335 e. The predicted octanol–water partition coefficient (Wildman–Crippen LogP) is 1.19. The van der Waals surface area contributed by atoms with Gasteiger partial charge in [-0.25, -0.2) is 0 Å². The Kier molecular flexibility index (Phi) is 2.71. The van der Waals surface area contributed by atoms with Crippen molar-refractivity contribution in [1.82, 2.24) is 0 Å². The standard InChI is InChI=1S/C9H8O3S/c1-8-2-4-9(5-3-8)6-7-13(10,11)12/h2-5H,1H3,(H,10,11,12). The Morgan fingerprint density at radius 2 is 1.77 bits per heavy atom. The molecule has 1 N–H and O–H groups in total. The highest BCUT2D eigenvalue weighted by atomic mass is 32.2. The summed E-state index contributed by atoms with van der Waals surface area (Å²) < 4.78 is 28.8. The van der Waals surface area contributed by atoms with Gasteiger partial charge in [0, 0.05) is 5.56 Å². The summed E-state index contributed by atoms with van der Waals surface area (Å²) in [7, 11) is -4.19. The summed E-state index contributed by atoms with van der Waals surface area (Å²) >= 11 is 0. The Hall–Kier alpha value is -1.31. The average molecular weight is 196 g/mol. The van der Waals surface area contributed by atoms with Crippen LogP contribution in [0.3, 0.4) is 0 Å². The smallest absolute Gasteiger partial charge is 0.276 e. The van der Waals surface area contributed by atoms with Crippen molar-refractivity contribution >= 4 is 10.1 Å². The van der Waals surface area contributed by atoms with Gasteiger partial charge in [-0.1, -0.05) is 17.7 Å². The molecule has 1 aromatic rings. The summed E-state index contributed by atoms with van der Waals surface area (Å²) in [5.74, 6) is 2.32. The van der Waals surface area contributed by atoms with Crippen molar-refractivity contribution < 1.29 is 13.0 Å². The van der Waals surface area contributed by atoms with Crippen LogP contribution in [0.15, 0.2) is 24.3 Å². The van der Waals surface area contributed by atoms with Crippen LogP contribution in [-0.4, -0.2) is 13.0 Å². The van der Waals surface area contributed by atoms with Crippen LogP contribution in [0.4, 0.5) is 0 Å². The van der Waals surface area contributed by atoms with Crippen molar-refractivity contribution in [1.29, 1.82) is 0 Å². The maximum absolute atomic E-state index is 10.3. The number of hydrogen-bond donors (Lipinski definition) is 1. The normalized spacial score (nSPS) is 10.3. The first kappa shape index (κ1) is 9.78. The van der Waals surface area contributed by atoms with Crippen LogP contribution < -0.4 is 0 Å². The van der Waals surface area contributed by atoms with E-state index in [1.165, 1.54) is 0 Å². The molecule has 68 valence electrons. The molecule has 0 heterocycles. The van der Waals surface area contributed by atoms with E-state index >= 15 is 0 Å². The highest BCUT2D eigenvalue weighted by Gasteiger charge is 1.94. The Labute approximate surface area is 77.2 Å². The van der Waals surface area contributed by atoms with E-state index in [-0.39, 0.29) is 0 Å². The third-order valence-corrected chi connectivity index (χ3v) is 1.74. The third kappa shape index (κ3) is 3.74. The molecule has 0 aliphatic rings. The third-order valence-electron chi connectivity index (χ3n) is 1.38. The van der Waals surface area contributed by atoms with Crippen molar-refractivity contribution in [3.63, 3.8) is 0 Å². The van der Waals surface area contributed by atoms with E-state index in [2.05, 4.69) is 5.92 Å². The van der Waals surface area contributed by atoms with E-state index in [9.17, 15) is 8.42 Å². The summed E-state index contributed by atoms with van der Waals surface area (Å²) in [5, 5.41) is 1.74. The maximum atomic E-state index is 10.3. The zero-order valence-electron chi connectivity index (χ0n) is 6.98. The van der Waals surface area contributed by atoms with Gasteiger partial charge in [0.1, 0.15) is 0 Å².